The molecule has 1 aliphatic rings. The number of aromatic hydroxyl groups is 1. The number of carbonyl (C=O) groups excluding carboxylic acids is 2. The Morgan fingerprint density at radius 1 is 1.00 bits per heavy atom. The van der Waals surface area contributed by atoms with E-state index in [9.17, 15) is 14.7 Å². The molecule has 0 unspecified atom stereocenters. The molecule has 25 heavy (non-hydrogen) atoms. The summed E-state index contributed by atoms with van der Waals surface area (Å²) in [7, 11) is 0. The number of nitrogens with zero attached hydrogens (tertiary/aromatic N) is 1. The number of hydrogen-bond donors (Lipinski definition) is 1. The summed E-state index contributed by atoms with van der Waals surface area (Å²) in [5.74, 6) is 0.777. The fourth-order valence-electron chi connectivity index (χ4n) is 2.89. The SMILES string of the molecule is O=C(CCC(=O)N(Cc1cccc(O)c1)CC1CC1)c1ccccc1. The van der Waals surface area contributed by atoms with Crippen LogP contribution in [0.4, 0.5) is 0 Å². The summed E-state index contributed by atoms with van der Waals surface area (Å²) >= 11 is 0. The summed E-state index contributed by atoms with van der Waals surface area (Å²) in [4.78, 5) is 26.7. The highest BCUT2D eigenvalue weighted by atomic mass is 16.3. The molecule has 1 N–H and O–H groups in total. The fraction of sp³-hybridized carbons (Fsp3) is 0.333. The van der Waals surface area contributed by atoms with Crippen LogP contribution in [-0.4, -0.2) is 28.2 Å². The Morgan fingerprint density at radius 2 is 1.76 bits per heavy atom. The van der Waals surface area contributed by atoms with Crippen molar-refractivity contribution in [1.82, 2.24) is 4.90 Å². The Morgan fingerprint density at radius 3 is 2.44 bits per heavy atom. The van der Waals surface area contributed by atoms with E-state index in [0.717, 1.165) is 24.9 Å². The number of phenolic OH excluding ortho intramolecular Hbond substituents is 1. The number of hydrogen-bond acceptors (Lipinski definition) is 3. The lowest BCUT2D eigenvalue weighted by molar-refractivity contribution is -0.132. The van der Waals surface area contributed by atoms with Gasteiger partial charge in [0.2, 0.25) is 5.91 Å². The second kappa shape index (κ2) is 7.97. The van der Waals surface area contributed by atoms with Crippen molar-refractivity contribution in [3.8, 4) is 5.75 Å². The Labute approximate surface area is 148 Å². The van der Waals surface area contributed by atoms with Gasteiger partial charge in [-0.15, -0.1) is 0 Å². The van der Waals surface area contributed by atoms with Crippen LogP contribution in [0.3, 0.4) is 0 Å². The highest BCUT2D eigenvalue weighted by Gasteiger charge is 2.27. The third-order valence-electron chi connectivity index (χ3n) is 4.47. The van der Waals surface area contributed by atoms with E-state index in [-0.39, 0.29) is 30.3 Å². The van der Waals surface area contributed by atoms with Crippen molar-refractivity contribution in [2.24, 2.45) is 5.92 Å². The molecular formula is C21H23NO3. The molecule has 2 aromatic carbocycles. The monoisotopic (exact) mass is 337 g/mol. The molecule has 0 saturated heterocycles. The number of Topliss-reactive ketones (excluding diaryl/α,β-unsaturated/α-hetero) is 1. The third kappa shape index (κ3) is 5.18. The highest BCUT2D eigenvalue weighted by Crippen LogP contribution is 2.30. The summed E-state index contributed by atoms with van der Waals surface area (Å²) in [6, 6.07) is 16.1. The Kier molecular flexibility index (Phi) is 5.49. The molecule has 1 amide bonds. The van der Waals surface area contributed by atoms with Gasteiger partial charge in [-0.2, -0.15) is 0 Å². The van der Waals surface area contributed by atoms with Crippen molar-refractivity contribution in [3.63, 3.8) is 0 Å². The van der Waals surface area contributed by atoms with E-state index in [0.29, 0.717) is 18.0 Å². The molecule has 3 rings (SSSR count). The summed E-state index contributed by atoms with van der Waals surface area (Å²) < 4.78 is 0. The largest absolute Gasteiger partial charge is 0.508 e. The van der Waals surface area contributed by atoms with Crippen LogP contribution in [-0.2, 0) is 11.3 Å². The van der Waals surface area contributed by atoms with Crippen LogP contribution >= 0.6 is 0 Å². The van der Waals surface area contributed by atoms with Crippen LogP contribution in [0.25, 0.3) is 0 Å². The molecule has 0 atom stereocenters. The van der Waals surface area contributed by atoms with Gasteiger partial charge in [-0.1, -0.05) is 42.5 Å². The lowest BCUT2D eigenvalue weighted by Crippen LogP contribution is -2.32. The standard InChI is InChI=1S/C21H23NO3/c23-19-8-4-5-17(13-19)15-22(14-16-9-10-16)21(25)12-11-20(24)18-6-2-1-3-7-18/h1-8,13,16,23H,9-12,14-15H2. The average molecular weight is 337 g/mol. The second-order valence-corrected chi connectivity index (χ2v) is 6.68. The Balaban J connectivity index is 1.60. The normalized spacial score (nSPS) is 13.4. The first-order chi connectivity index (χ1) is 12.1. The maximum absolute atomic E-state index is 12.6. The fourth-order valence-corrected chi connectivity index (χ4v) is 2.89. The second-order valence-electron chi connectivity index (χ2n) is 6.68. The van der Waals surface area contributed by atoms with E-state index in [2.05, 4.69) is 0 Å². The molecule has 0 aromatic heterocycles. The molecule has 1 fully saturated rings. The molecule has 0 radical (unpaired) electrons. The summed E-state index contributed by atoms with van der Waals surface area (Å²) in [6.07, 6.45) is 2.77. The number of ketones is 1. The van der Waals surface area contributed by atoms with Gasteiger partial charge in [0.1, 0.15) is 5.75 Å². The minimum atomic E-state index is -0.00215. The predicted octanol–water partition coefficient (Wildman–Crippen LogP) is 3.79. The van der Waals surface area contributed by atoms with Gasteiger partial charge in [-0.05, 0) is 36.5 Å². The van der Waals surface area contributed by atoms with Crippen LogP contribution in [0.2, 0.25) is 0 Å². The van der Waals surface area contributed by atoms with Gasteiger partial charge in [0.25, 0.3) is 0 Å². The molecule has 4 heteroatoms. The van der Waals surface area contributed by atoms with Crippen molar-refractivity contribution in [1.29, 1.82) is 0 Å². The smallest absolute Gasteiger partial charge is 0.223 e. The molecule has 0 aliphatic heterocycles. The lowest BCUT2D eigenvalue weighted by Gasteiger charge is -2.23. The third-order valence-corrected chi connectivity index (χ3v) is 4.47. The van der Waals surface area contributed by atoms with Crippen molar-refractivity contribution in [3.05, 3.63) is 65.7 Å². The predicted molar refractivity (Wildman–Crippen MR) is 96.3 cm³/mol. The van der Waals surface area contributed by atoms with Crippen LogP contribution in [0.15, 0.2) is 54.6 Å². The molecule has 1 saturated carbocycles. The maximum atomic E-state index is 12.6. The zero-order valence-electron chi connectivity index (χ0n) is 14.2. The molecule has 130 valence electrons. The number of amides is 1. The van der Waals surface area contributed by atoms with Gasteiger partial charge in [0, 0.05) is 31.5 Å². The van der Waals surface area contributed by atoms with Gasteiger partial charge in [-0.25, -0.2) is 0 Å². The quantitative estimate of drug-likeness (QED) is 0.746. The summed E-state index contributed by atoms with van der Waals surface area (Å²) in [5.41, 5.74) is 1.56. The van der Waals surface area contributed by atoms with E-state index >= 15 is 0 Å². The molecule has 2 aromatic rings. The average Bonchev–Trinajstić information content (AvgIpc) is 3.44. The van der Waals surface area contributed by atoms with E-state index in [1.165, 1.54) is 0 Å². The van der Waals surface area contributed by atoms with Gasteiger partial charge >= 0.3 is 0 Å². The highest BCUT2D eigenvalue weighted by molar-refractivity contribution is 5.97. The zero-order chi connectivity index (χ0) is 17.6. The minimum Gasteiger partial charge on any atom is -0.508 e. The lowest BCUT2D eigenvalue weighted by atomic mass is 10.1. The van der Waals surface area contributed by atoms with Gasteiger partial charge in [-0.3, -0.25) is 9.59 Å². The Bertz CT molecular complexity index is 738. The number of rotatable bonds is 8. The van der Waals surface area contributed by atoms with Crippen LogP contribution in [0.1, 0.15) is 41.6 Å². The summed E-state index contributed by atoms with van der Waals surface area (Å²) in [5, 5.41) is 9.61. The molecule has 1 aliphatic carbocycles. The number of benzene rings is 2. The zero-order valence-corrected chi connectivity index (χ0v) is 14.2. The topological polar surface area (TPSA) is 57.6 Å². The van der Waals surface area contributed by atoms with E-state index in [1.807, 2.05) is 29.2 Å². The van der Waals surface area contributed by atoms with Crippen molar-refractivity contribution >= 4 is 11.7 Å². The van der Waals surface area contributed by atoms with Gasteiger partial charge < -0.3 is 10.0 Å². The van der Waals surface area contributed by atoms with E-state index < -0.39 is 0 Å². The number of carbonyl (C=O) groups is 2. The van der Waals surface area contributed by atoms with Crippen LogP contribution in [0.5, 0.6) is 5.75 Å². The molecular weight excluding hydrogens is 314 g/mol. The molecule has 4 nitrogen and oxygen atoms in total. The first-order valence-electron chi connectivity index (χ1n) is 8.76. The van der Waals surface area contributed by atoms with Crippen molar-refractivity contribution in [2.45, 2.75) is 32.2 Å². The molecule has 0 bridgehead atoms. The molecule has 0 heterocycles. The van der Waals surface area contributed by atoms with Crippen LogP contribution in [0, 0.1) is 5.92 Å². The minimum absolute atomic E-state index is 0.000441. The van der Waals surface area contributed by atoms with Gasteiger partial charge in [0.05, 0.1) is 0 Å². The van der Waals surface area contributed by atoms with E-state index in [4.69, 9.17) is 0 Å². The van der Waals surface area contributed by atoms with Crippen LogP contribution < -0.4 is 0 Å². The summed E-state index contributed by atoms with van der Waals surface area (Å²) in [6.45, 7) is 1.21. The maximum Gasteiger partial charge on any atom is 0.223 e. The van der Waals surface area contributed by atoms with Crippen molar-refractivity contribution < 1.29 is 14.7 Å². The van der Waals surface area contributed by atoms with Gasteiger partial charge in [0.15, 0.2) is 5.78 Å². The van der Waals surface area contributed by atoms with E-state index in [1.54, 1.807) is 30.3 Å². The first kappa shape index (κ1) is 17.2. The van der Waals surface area contributed by atoms with Crippen molar-refractivity contribution in [2.75, 3.05) is 6.54 Å². The Hall–Kier alpha value is -2.62. The number of phenols is 1. The first-order valence-corrected chi connectivity index (χ1v) is 8.76. The molecule has 0 spiro atoms.